The molecule has 0 aromatic heterocycles. The summed E-state index contributed by atoms with van der Waals surface area (Å²) >= 11 is 0.193. The van der Waals surface area contributed by atoms with Gasteiger partial charge in [-0.05, 0) is 31.2 Å². The van der Waals surface area contributed by atoms with Crippen molar-refractivity contribution in [3.8, 4) is 0 Å². The molecule has 0 bridgehead atoms. The van der Waals surface area contributed by atoms with Crippen LogP contribution in [-0.2, 0) is 17.1 Å². The van der Waals surface area contributed by atoms with Crippen LogP contribution in [0.15, 0.2) is 0 Å². The quantitative estimate of drug-likeness (QED) is 0.434. The maximum absolute atomic E-state index is 2.36. The summed E-state index contributed by atoms with van der Waals surface area (Å²) < 4.78 is 3.10. The van der Waals surface area contributed by atoms with Gasteiger partial charge < -0.3 is 0 Å². The van der Waals surface area contributed by atoms with Crippen molar-refractivity contribution in [2.24, 2.45) is 0 Å². The van der Waals surface area contributed by atoms with Gasteiger partial charge in [0.05, 0.1) is 8.07 Å². The van der Waals surface area contributed by atoms with Crippen molar-refractivity contribution in [2.45, 2.75) is 43.9 Å². The van der Waals surface area contributed by atoms with E-state index in [2.05, 4.69) is 77.9 Å². The second-order valence-corrected chi connectivity index (χ2v) is 14.2. The Balaban J connectivity index is 0.000000345. The van der Waals surface area contributed by atoms with Crippen molar-refractivity contribution >= 4 is 29.0 Å². The number of hydrogen-bond donors (Lipinski definition) is 0. The molecule has 110 valence electrons. The first-order valence-corrected chi connectivity index (χ1v) is 13.4. The van der Waals surface area contributed by atoms with Crippen molar-refractivity contribution in [1.29, 1.82) is 0 Å². The van der Waals surface area contributed by atoms with E-state index in [9.17, 15) is 0 Å². The molecule has 2 fully saturated rings. The van der Waals surface area contributed by atoms with Crippen LogP contribution in [0.4, 0.5) is 0 Å². The molecule has 0 aromatic carbocycles. The summed E-state index contributed by atoms with van der Waals surface area (Å²) in [6.07, 6.45) is 20.3. The van der Waals surface area contributed by atoms with Crippen molar-refractivity contribution in [2.75, 3.05) is 0 Å². The van der Waals surface area contributed by atoms with Gasteiger partial charge in [0.2, 0.25) is 0 Å². The zero-order valence-electron chi connectivity index (χ0n) is 13.0. The Morgan fingerprint density at radius 1 is 0.900 bits per heavy atom. The summed E-state index contributed by atoms with van der Waals surface area (Å²) in [4.78, 5) is 0. The van der Waals surface area contributed by atoms with Crippen LogP contribution in [0.1, 0.15) is 19.8 Å². The van der Waals surface area contributed by atoms with Crippen LogP contribution in [-0.4, -0.2) is 29.0 Å². The molecule has 0 unspecified atom stereocenters. The molecular formula is C17H26FeSiTe+2. The maximum atomic E-state index is 2.36. The molecule has 0 nitrogen and oxygen atoms in total. The molecule has 20 heavy (non-hydrogen) atoms. The van der Waals surface area contributed by atoms with Crippen LogP contribution < -0.4 is 0 Å². The first-order valence-electron chi connectivity index (χ1n) is 7.10. The van der Waals surface area contributed by atoms with Gasteiger partial charge in [0.25, 0.3) is 0 Å². The van der Waals surface area contributed by atoms with Gasteiger partial charge in [-0.15, -0.1) is 0 Å². The largest absolute Gasteiger partial charge is 2.00 e. The summed E-state index contributed by atoms with van der Waals surface area (Å²) in [6, 6.07) is 0. The van der Waals surface area contributed by atoms with E-state index < -0.39 is 8.07 Å². The van der Waals surface area contributed by atoms with Crippen molar-refractivity contribution in [3.63, 3.8) is 0 Å². The third-order valence-electron chi connectivity index (χ3n) is 2.93. The van der Waals surface area contributed by atoms with E-state index in [0.717, 1.165) is 0 Å². The molecule has 0 aliphatic heterocycles. The Morgan fingerprint density at radius 2 is 1.40 bits per heavy atom. The molecule has 2 aliphatic carbocycles. The number of hydrogen-bond acceptors (Lipinski definition) is 0. The van der Waals surface area contributed by atoms with Crippen molar-refractivity contribution in [1.82, 2.24) is 0 Å². The Kier molecular flexibility index (Phi) is 12.9. The van der Waals surface area contributed by atoms with Crippen molar-refractivity contribution in [3.05, 3.63) is 60.9 Å². The molecule has 0 heterocycles. The molecular weight excluding hydrogens is 416 g/mol. The SMILES string of the molecule is CCCC[Te][C]1[CH][CH][CH][CH]1.C[Si](C)(C)[C]1[CH][CH][CH][CH]1.[Fe+2]. The smallest absolute Gasteiger partial charge is 0.0691 e. The molecule has 2 aliphatic rings. The molecule has 0 N–H and O–H groups in total. The molecule has 0 saturated heterocycles. The Labute approximate surface area is 150 Å². The number of unbranched alkanes of at least 4 members (excludes halogenated alkanes) is 1. The second kappa shape index (κ2) is 12.0. The fourth-order valence-corrected chi connectivity index (χ4v) is 5.76. The van der Waals surface area contributed by atoms with Crippen LogP contribution >= 0.6 is 0 Å². The zero-order chi connectivity index (χ0) is 14.1. The molecule has 0 spiro atoms. The van der Waals surface area contributed by atoms with Gasteiger partial charge in [-0.2, -0.15) is 0 Å². The van der Waals surface area contributed by atoms with Gasteiger partial charge in [0.1, 0.15) is 0 Å². The first-order chi connectivity index (χ1) is 9.04. The minimum atomic E-state index is -0.981. The summed E-state index contributed by atoms with van der Waals surface area (Å²) in [5, 5.41) is 0. The van der Waals surface area contributed by atoms with Gasteiger partial charge in [0.15, 0.2) is 0 Å². The van der Waals surface area contributed by atoms with Gasteiger partial charge in [-0.3, -0.25) is 0 Å². The minimum Gasteiger partial charge on any atom is -0.0691 e. The summed E-state index contributed by atoms with van der Waals surface area (Å²) in [6.45, 7) is 9.35. The topological polar surface area (TPSA) is 0 Å². The molecule has 0 amide bonds. The molecule has 10 radical (unpaired) electrons. The molecule has 2 rings (SSSR count). The summed E-state index contributed by atoms with van der Waals surface area (Å²) in [7, 11) is -0.981. The maximum Gasteiger partial charge on any atom is 2.00 e. The van der Waals surface area contributed by atoms with Gasteiger partial charge in [-0.25, -0.2) is 0 Å². The predicted octanol–water partition coefficient (Wildman–Crippen LogP) is 4.54. The van der Waals surface area contributed by atoms with Gasteiger partial charge >= 0.3 is 91.9 Å². The fourth-order valence-electron chi connectivity index (χ4n) is 1.66. The Morgan fingerprint density at radius 3 is 1.80 bits per heavy atom. The molecule has 3 heteroatoms. The van der Waals surface area contributed by atoms with E-state index in [1.807, 2.05) is 0 Å². The fraction of sp³-hybridized carbons (Fsp3) is 0.412. The average molecular weight is 442 g/mol. The first kappa shape index (κ1) is 21.5. The van der Waals surface area contributed by atoms with E-state index in [4.69, 9.17) is 0 Å². The normalized spacial score (nSPS) is 20.4. The van der Waals surface area contributed by atoms with E-state index in [1.54, 1.807) is 9.51 Å². The Bertz CT molecular complexity index is 216. The molecule has 2 saturated carbocycles. The zero-order valence-corrected chi connectivity index (χ0v) is 17.4. The Hall–Kier alpha value is 1.53. The standard InChI is InChI=1S/C9H13Te.C8H13Si.Fe/c1-2-3-8-10-9-6-4-5-7-9;1-9(2,3)8-6-4-5-7-8;/h4-7H,2-3,8H2,1H3;4-7H,1-3H3;/q;;+2. The minimum absolute atomic E-state index is 0. The average Bonchev–Trinajstić information content (AvgIpc) is 3.02. The van der Waals surface area contributed by atoms with Crippen LogP contribution in [0.25, 0.3) is 0 Å². The third-order valence-corrected chi connectivity index (χ3v) is 8.13. The van der Waals surface area contributed by atoms with E-state index in [0.29, 0.717) is 0 Å². The second-order valence-electron chi connectivity index (χ2n) is 5.75. The van der Waals surface area contributed by atoms with Crippen molar-refractivity contribution < 1.29 is 17.1 Å². The van der Waals surface area contributed by atoms with Crippen LogP contribution in [0.2, 0.25) is 24.1 Å². The van der Waals surface area contributed by atoms with E-state index >= 15 is 0 Å². The third kappa shape index (κ3) is 9.52. The number of rotatable bonds is 5. The van der Waals surface area contributed by atoms with Gasteiger partial charge in [0, 0.05) is 0 Å². The van der Waals surface area contributed by atoms with E-state index in [1.165, 1.54) is 17.3 Å². The van der Waals surface area contributed by atoms with Gasteiger partial charge in [-0.1, -0.05) is 19.6 Å². The van der Waals surface area contributed by atoms with Crippen LogP contribution in [0.5, 0.6) is 0 Å². The molecule has 0 atom stereocenters. The summed E-state index contributed by atoms with van der Waals surface area (Å²) in [5.41, 5.74) is 1.56. The van der Waals surface area contributed by atoms with Crippen LogP contribution in [0.3, 0.4) is 0 Å². The van der Waals surface area contributed by atoms with E-state index in [-0.39, 0.29) is 38.0 Å². The summed E-state index contributed by atoms with van der Waals surface area (Å²) in [5.74, 6) is 0. The van der Waals surface area contributed by atoms with Crippen LogP contribution in [0, 0.1) is 60.9 Å². The monoisotopic (exact) mass is 444 g/mol. The predicted molar refractivity (Wildman–Crippen MR) is 89.7 cm³/mol. The molecule has 0 aromatic rings.